The molecule has 3 aromatic rings. The second kappa shape index (κ2) is 11.4. The number of hydrogen-bond donors (Lipinski definition) is 2. The van der Waals surface area contributed by atoms with E-state index in [4.69, 9.17) is 21.3 Å². The zero-order valence-electron chi connectivity index (χ0n) is 25.1. The molecule has 11 heteroatoms. The molecule has 1 aliphatic heterocycles. The third kappa shape index (κ3) is 5.77. The molecule has 3 aliphatic rings. The smallest absolute Gasteiger partial charge is 0.275 e. The van der Waals surface area contributed by atoms with Crippen LogP contribution in [0.1, 0.15) is 92.6 Å². The van der Waals surface area contributed by atoms with Crippen molar-refractivity contribution in [2.45, 2.75) is 77.5 Å². The van der Waals surface area contributed by atoms with Crippen LogP contribution in [0.15, 0.2) is 47.5 Å². The van der Waals surface area contributed by atoms with Crippen LogP contribution in [0.2, 0.25) is 5.02 Å². The number of tetrazole rings is 1. The summed E-state index contributed by atoms with van der Waals surface area (Å²) in [7, 11) is 1.58. The Morgan fingerprint density at radius 1 is 1.14 bits per heavy atom. The van der Waals surface area contributed by atoms with E-state index in [0.29, 0.717) is 45.3 Å². The summed E-state index contributed by atoms with van der Waals surface area (Å²) >= 11 is 6.50. The molecule has 2 aromatic carbocycles. The van der Waals surface area contributed by atoms with Gasteiger partial charge in [-0.3, -0.25) is 14.6 Å². The quantitative estimate of drug-likeness (QED) is 0.350. The first-order chi connectivity index (χ1) is 20.6. The largest absolute Gasteiger partial charge is 0.495 e. The average molecular weight is 604 g/mol. The van der Waals surface area contributed by atoms with Gasteiger partial charge in [0, 0.05) is 11.1 Å². The summed E-state index contributed by atoms with van der Waals surface area (Å²) in [5.41, 5.74) is 2.29. The normalized spacial score (nSPS) is 22.9. The first kappa shape index (κ1) is 29.3. The predicted octanol–water partition coefficient (Wildman–Crippen LogP) is 5.51. The van der Waals surface area contributed by atoms with Crippen LogP contribution >= 0.6 is 11.6 Å². The van der Waals surface area contributed by atoms with Gasteiger partial charge in [0.25, 0.3) is 11.8 Å². The number of amides is 2. The Hall–Kier alpha value is -3.79. The molecule has 6 rings (SSSR count). The van der Waals surface area contributed by atoms with E-state index in [-0.39, 0.29) is 29.8 Å². The second-order valence-electron chi connectivity index (χ2n) is 13.0. The SMILES string of the molecule is COc1ccc(C2=NC3(CCC(C(C)(C)C)CC3)N([C@@H](c3ccc(C(=O)NCc4nn[nH]n4)cc3)C3CC3)C2=O)cc1Cl. The van der Waals surface area contributed by atoms with Crippen LogP contribution in [0.25, 0.3) is 0 Å². The lowest BCUT2D eigenvalue weighted by Gasteiger charge is -2.47. The number of aromatic amines is 1. The van der Waals surface area contributed by atoms with E-state index in [1.807, 2.05) is 30.3 Å². The van der Waals surface area contributed by atoms with E-state index < -0.39 is 5.66 Å². The molecule has 10 nitrogen and oxygen atoms in total. The van der Waals surface area contributed by atoms with E-state index in [2.05, 4.69) is 51.6 Å². The van der Waals surface area contributed by atoms with Crippen molar-refractivity contribution in [3.8, 4) is 5.75 Å². The number of nitrogens with one attached hydrogen (secondary N) is 2. The van der Waals surface area contributed by atoms with E-state index in [1.54, 1.807) is 19.2 Å². The maximum absolute atomic E-state index is 14.5. The fraction of sp³-hybridized carbons (Fsp3) is 0.500. The highest BCUT2D eigenvalue weighted by Crippen LogP contribution is 2.54. The van der Waals surface area contributed by atoms with E-state index >= 15 is 0 Å². The number of benzene rings is 2. The fourth-order valence-corrected chi connectivity index (χ4v) is 6.95. The predicted molar refractivity (Wildman–Crippen MR) is 163 cm³/mol. The zero-order valence-corrected chi connectivity index (χ0v) is 25.8. The number of aromatic nitrogens is 4. The highest BCUT2D eigenvalue weighted by atomic mass is 35.5. The molecule has 2 amide bonds. The van der Waals surface area contributed by atoms with Gasteiger partial charge < -0.3 is 15.0 Å². The Bertz CT molecular complexity index is 1520. The van der Waals surface area contributed by atoms with Gasteiger partial charge in [-0.25, -0.2) is 0 Å². The van der Waals surface area contributed by atoms with Gasteiger partial charge >= 0.3 is 0 Å². The number of aliphatic imine (C=N–C) groups is 1. The van der Waals surface area contributed by atoms with Crippen LogP contribution in [0.5, 0.6) is 5.75 Å². The molecule has 2 fully saturated rings. The minimum atomic E-state index is -0.617. The Morgan fingerprint density at radius 3 is 2.44 bits per heavy atom. The number of H-pyrrole nitrogens is 1. The standard InChI is InChI=1S/C32H38ClN7O3/c1-31(2,3)23-13-15-32(16-14-23)35-27(22-11-12-25(43-4)24(33)17-22)30(42)40(32)28(19-5-6-19)20-7-9-21(10-8-20)29(41)34-18-26-36-38-39-37-26/h7-12,17,19,23,28H,5-6,13-16,18H2,1-4H3,(H,34,41)(H,36,37,38,39)/t23?,28-,32?/m1/s1. The highest BCUT2D eigenvalue weighted by molar-refractivity contribution is 6.47. The minimum Gasteiger partial charge on any atom is -0.495 e. The van der Waals surface area contributed by atoms with Crippen LogP contribution in [0, 0.1) is 17.3 Å². The maximum atomic E-state index is 14.5. The molecule has 2 aliphatic carbocycles. The van der Waals surface area contributed by atoms with Crippen LogP contribution in [0.4, 0.5) is 0 Å². The van der Waals surface area contributed by atoms with Gasteiger partial charge in [-0.05, 0) is 91.7 Å². The number of carbonyl (C=O) groups excluding carboxylic acids is 2. The molecule has 0 radical (unpaired) electrons. The highest BCUT2D eigenvalue weighted by Gasteiger charge is 2.55. The molecular formula is C32H38ClN7O3. The summed E-state index contributed by atoms with van der Waals surface area (Å²) in [6.45, 7) is 7.08. The number of rotatable bonds is 8. The molecule has 1 atom stereocenters. The number of hydrogen-bond acceptors (Lipinski definition) is 7. The van der Waals surface area contributed by atoms with Crippen molar-refractivity contribution < 1.29 is 14.3 Å². The van der Waals surface area contributed by atoms with Gasteiger partial charge in [0.2, 0.25) is 0 Å². The zero-order chi connectivity index (χ0) is 30.4. The fourth-order valence-electron chi connectivity index (χ4n) is 6.69. The third-order valence-electron chi connectivity index (χ3n) is 9.28. The summed E-state index contributed by atoms with van der Waals surface area (Å²) in [6.07, 6.45) is 5.73. The summed E-state index contributed by atoms with van der Waals surface area (Å²) in [6, 6.07) is 12.9. The minimum absolute atomic E-state index is 0.0609. The first-order valence-corrected chi connectivity index (χ1v) is 15.4. The van der Waals surface area contributed by atoms with E-state index in [0.717, 1.165) is 44.1 Å². The number of methoxy groups -OCH3 is 1. The molecule has 2 saturated carbocycles. The second-order valence-corrected chi connectivity index (χ2v) is 13.4. The first-order valence-electron chi connectivity index (χ1n) is 15.0. The lowest BCUT2D eigenvalue weighted by atomic mass is 9.69. The molecule has 2 heterocycles. The number of ether oxygens (including phenoxy) is 1. The maximum Gasteiger partial charge on any atom is 0.275 e. The molecule has 226 valence electrons. The molecule has 1 spiro atoms. The molecule has 2 N–H and O–H groups in total. The van der Waals surface area contributed by atoms with Gasteiger partial charge in [0.05, 0.1) is 24.7 Å². The summed E-state index contributed by atoms with van der Waals surface area (Å²) in [5, 5.41) is 16.9. The number of carbonyl (C=O) groups is 2. The molecular weight excluding hydrogens is 566 g/mol. The van der Waals surface area contributed by atoms with Crippen molar-refractivity contribution >= 4 is 29.1 Å². The van der Waals surface area contributed by atoms with Crippen LogP contribution < -0.4 is 10.1 Å². The van der Waals surface area contributed by atoms with Gasteiger partial charge in [0.15, 0.2) is 5.82 Å². The number of nitrogens with zero attached hydrogens (tertiary/aromatic N) is 5. The number of halogens is 1. The Labute approximate surface area is 256 Å². The van der Waals surface area contributed by atoms with Crippen molar-refractivity contribution in [2.75, 3.05) is 7.11 Å². The average Bonchev–Trinajstić information content (AvgIpc) is 3.62. The van der Waals surface area contributed by atoms with Crippen molar-refractivity contribution in [2.24, 2.45) is 22.2 Å². The Morgan fingerprint density at radius 2 is 1.86 bits per heavy atom. The van der Waals surface area contributed by atoms with Crippen molar-refractivity contribution in [1.29, 1.82) is 0 Å². The van der Waals surface area contributed by atoms with Crippen LogP contribution in [-0.4, -0.2) is 55.8 Å². The van der Waals surface area contributed by atoms with E-state index in [9.17, 15) is 9.59 Å². The molecule has 0 bridgehead atoms. The van der Waals surface area contributed by atoms with Crippen molar-refractivity contribution in [3.05, 3.63) is 70.0 Å². The Balaban J connectivity index is 1.32. The van der Waals surface area contributed by atoms with Gasteiger partial charge in [-0.2, -0.15) is 5.21 Å². The molecule has 1 aromatic heterocycles. The van der Waals surface area contributed by atoms with Gasteiger partial charge in [-0.1, -0.05) is 49.7 Å². The summed E-state index contributed by atoms with van der Waals surface area (Å²) < 4.78 is 5.35. The van der Waals surface area contributed by atoms with Crippen molar-refractivity contribution in [1.82, 2.24) is 30.8 Å². The lowest BCUT2D eigenvalue weighted by Crippen LogP contribution is -2.52. The van der Waals surface area contributed by atoms with Crippen molar-refractivity contribution in [3.63, 3.8) is 0 Å². The Kier molecular flexibility index (Phi) is 7.75. The van der Waals surface area contributed by atoms with Gasteiger partial charge in [-0.15, -0.1) is 10.2 Å². The molecule has 43 heavy (non-hydrogen) atoms. The van der Waals surface area contributed by atoms with Crippen LogP contribution in [0.3, 0.4) is 0 Å². The third-order valence-corrected chi connectivity index (χ3v) is 9.58. The molecule has 0 saturated heterocycles. The summed E-state index contributed by atoms with van der Waals surface area (Å²) in [4.78, 5) is 34.7. The summed E-state index contributed by atoms with van der Waals surface area (Å²) in [5.74, 6) is 1.59. The monoisotopic (exact) mass is 603 g/mol. The van der Waals surface area contributed by atoms with Gasteiger partial charge in [0.1, 0.15) is 17.1 Å². The topological polar surface area (TPSA) is 125 Å². The lowest BCUT2D eigenvalue weighted by molar-refractivity contribution is -0.134. The molecule has 0 unspecified atom stereocenters. The van der Waals surface area contributed by atoms with E-state index in [1.165, 1.54) is 0 Å². The van der Waals surface area contributed by atoms with Crippen LogP contribution in [-0.2, 0) is 11.3 Å².